The smallest absolute Gasteiger partial charge is 0.462 e. The van der Waals surface area contributed by atoms with Gasteiger partial charge in [-0.05, 0) is 51.4 Å². The highest BCUT2D eigenvalue weighted by molar-refractivity contribution is 7.47. The maximum absolute atomic E-state index is 12.8. The molecule has 0 aromatic heterocycles. The highest BCUT2D eigenvalue weighted by atomic mass is 31.2. The highest BCUT2D eigenvalue weighted by Crippen LogP contribution is 2.43. The van der Waals surface area contributed by atoms with Gasteiger partial charge in [-0.1, -0.05) is 364 Å². The van der Waals surface area contributed by atoms with E-state index in [1.165, 1.54) is 289 Å². The van der Waals surface area contributed by atoms with Crippen LogP contribution in [0.3, 0.4) is 0 Å². The van der Waals surface area contributed by atoms with E-state index in [-0.39, 0.29) is 38.6 Å². The van der Waals surface area contributed by atoms with Gasteiger partial charge in [0.25, 0.3) is 0 Å². The zero-order valence-corrected chi connectivity index (χ0v) is 56.6. The summed E-state index contributed by atoms with van der Waals surface area (Å²) in [6.45, 7) is 3.71. The van der Waals surface area contributed by atoms with Gasteiger partial charge >= 0.3 is 19.8 Å². The summed E-state index contributed by atoms with van der Waals surface area (Å²) < 4.78 is 33.2. The van der Waals surface area contributed by atoms with Gasteiger partial charge in [0.05, 0.1) is 13.2 Å². The summed E-state index contributed by atoms with van der Waals surface area (Å²) in [5.74, 6) is -0.802. The molecule has 0 fully saturated rings. The Morgan fingerprint density at radius 3 is 0.976 bits per heavy atom. The van der Waals surface area contributed by atoms with Crippen molar-refractivity contribution in [1.82, 2.24) is 0 Å². The van der Waals surface area contributed by atoms with Crippen LogP contribution in [0.25, 0.3) is 0 Å². The van der Waals surface area contributed by atoms with Crippen LogP contribution < -0.4 is 5.73 Å². The molecule has 3 N–H and O–H groups in total. The van der Waals surface area contributed by atoms with Crippen LogP contribution in [-0.4, -0.2) is 49.3 Å². The summed E-state index contributed by atoms with van der Waals surface area (Å²) >= 11 is 0. The Kier molecular flexibility index (Phi) is 68.4. The largest absolute Gasteiger partial charge is 0.472 e. The SMILES string of the molecule is CC/C=C\C/C=C\C/C=C\C/C=C\CCCCCCCCCCCCCCCCCCCCCCCCCCCCC(=O)OC(COC(=O)CCCCCCCCCCCCCCCCCCCCCCCCCC)COP(=O)(O)OCCN. The van der Waals surface area contributed by atoms with Crippen molar-refractivity contribution in [3.63, 3.8) is 0 Å². The first-order chi connectivity index (χ1) is 41.3. The van der Waals surface area contributed by atoms with Crippen molar-refractivity contribution >= 4 is 19.8 Å². The fraction of sp³-hybridized carbons (Fsp3) is 0.865. The van der Waals surface area contributed by atoms with Crippen molar-refractivity contribution in [1.29, 1.82) is 0 Å². The van der Waals surface area contributed by atoms with Crippen molar-refractivity contribution < 1.29 is 37.6 Å². The molecule has 2 unspecified atom stereocenters. The molecule has 0 saturated heterocycles. The van der Waals surface area contributed by atoms with E-state index >= 15 is 0 Å². The Morgan fingerprint density at radius 1 is 0.369 bits per heavy atom. The Hall–Kier alpha value is -2.03. The third kappa shape index (κ3) is 69.1. The lowest BCUT2D eigenvalue weighted by Gasteiger charge is -2.19. The number of rotatable bonds is 70. The zero-order chi connectivity index (χ0) is 60.9. The van der Waals surface area contributed by atoms with Crippen LogP contribution in [0.15, 0.2) is 48.6 Å². The van der Waals surface area contributed by atoms with E-state index in [0.717, 1.165) is 57.8 Å². The number of unbranched alkanes of at least 4 members (excludes halogenated alkanes) is 49. The van der Waals surface area contributed by atoms with Gasteiger partial charge in [-0.15, -0.1) is 0 Å². The first kappa shape index (κ1) is 82.0. The Morgan fingerprint density at radius 2 is 0.655 bits per heavy atom. The van der Waals surface area contributed by atoms with E-state index < -0.39 is 26.5 Å². The van der Waals surface area contributed by atoms with E-state index in [2.05, 4.69) is 62.5 Å². The number of phosphoric ester groups is 1. The second-order valence-electron chi connectivity index (χ2n) is 24.8. The molecule has 0 bridgehead atoms. The molecule has 2 atom stereocenters. The van der Waals surface area contributed by atoms with Crippen LogP contribution in [-0.2, 0) is 32.7 Å². The normalized spacial score (nSPS) is 13.1. The maximum atomic E-state index is 12.8. The third-order valence-electron chi connectivity index (χ3n) is 16.5. The van der Waals surface area contributed by atoms with Crippen LogP contribution >= 0.6 is 7.82 Å². The van der Waals surface area contributed by atoms with Crippen LogP contribution in [0.4, 0.5) is 0 Å². The molecule has 0 aliphatic carbocycles. The molecular weight excluding hydrogens is 1060 g/mol. The molecular formula is C74H140NO8P. The number of carbonyl (C=O) groups is 2. The monoisotopic (exact) mass is 1200 g/mol. The van der Waals surface area contributed by atoms with Gasteiger partial charge in [0, 0.05) is 19.4 Å². The fourth-order valence-corrected chi connectivity index (χ4v) is 11.9. The number of phosphoric acid groups is 1. The number of hydrogen-bond acceptors (Lipinski definition) is 8. The molecule has 0 aromatic carbocycles. The number of nitrogens with two attached hydrogens (primary N) is 1. The topological polar surface area (TPSA) is 134 Å². The van der Waals surface area contributed by atoms with Crippen LogP contribution in [0.1, 0.15) is 380 Å². The number of ether oxygens (including phenoxy) is 2. The maximum Gasteiger partial charge on any atom is 0.472 e. The van der Waals surface area contributed by atoms with E-state index in [9.17, 15) is 19.0 Å². The van der Waals surface area contributed by atoms with Gasteiger partial charge < -0.3 is 20.1 Å². The van der Waals surface area contributed by atoms with Crippen molar-refractivity contribution in [2.45, 2.75) is 386 Å². The number of hydrogen-bond donors (Lipinski definition) is 2. The summed E-state index contributed by atoms with van der Waals surface area (Å²) in [6.07, 6.45) is 89.5. The highest BCUT2D eigenvalue weighted by Gasteiger charge is 2.26. The molecule has 0 amide bonds. The average molecular weight is 1200 g/mol. The first-order valence-electron chi connectivity index (χ1n) is 36.6. The molecule has 0 saturated carbocycles. The van der Waals surface area contributed by atoms with E-state index in [0.29, 0.717) is 6.42 Å². The minimum Gasteiger partial charge on any atom is -0.462 e. The lowest BCUT2D eigenvalue weighted by atomic mass is 10.0. The Labute approximate surface area is 521 Å². The molecule has 0 aliphatic heterocycles. The predicted molar refractivity (Wildman–Crippen MR) is 363 cm³/mol. The molecule has 0 aliphatic rings. The van der Waals surface area contributed by atoms with Crippen LogP contribution in [0.5, 0.6) is 0 Å². The van der Waals surface area contributed by atoms with E-state index in [1.54, 1.807) is 0 Å². The van der Waals surface area contributed by atoms with Crippen molar-refractivity contribution in [2.24, 2.45) is 5.73 Å². The fourth-order valence-electron chi connectivity index (χ4n) is 11.1. The lowest BCUT2D eigenvalue weighted by Crippen LogP contribution is -2.29. The van der Waals surface area contributed by atoms with Crippen LogP contribution in [0.2, 0.25) is 0 Å². The Balaban J connectivity index is 3.76. The van der Waals surface area contributed by atoms with E-state index in [1.807, 2.05) is 0 Å². The number of carbonyl (C=O) groups excluding carboxylic acids is 2. The lowest BCUT2D eigenvalue weighted by molar-refractivity contribution is -0.161. The number of esters is 2. The molecule has 10 heteroatoms. The molecule has 0 spiro atoms. The molecule has 494 valence electrons. The molecule has 0 aromatic rings. The van der Waals surface area contributed by atoms with Gasteiger partial charge in [-0.25, -0.2) is 4.57 Å². The molecule has 0 rings (SSSR count). The summed E-state index contributed by atoms with van der Waals surface area (Å²) in [7, 11) is -4.39. The van der Waals surface area contributed by atoms with Gasteiger partial charge in [0.2, 0.25) is 0 Å². The van der Waals surface area contributed by atoms with Crippen molar-refractivity contribution in [3.8, 4) is 0 Å². The standard InChI is InChI=1S/C74H140NO8P/c1-3-5-7-9-11-13-15-17-19-21-23-25-27-29-30-31-32-33-34-35-36-37-38-39-40-41-42-43-45-47-49-51-53-55-57-59-61-63-65-67-74(77)83-72(71-82-84(78,79)81-69-68-75)70-80-73(76)66-64-62-60-58-56-54-52-50-48-46-44-28-26-24-22-20-18-16-14-12-10-8-6-4-2/h5,7,11,13,17,19,23,25,72H,3-4,6,8-10,12,14-16,18,20-22,24,26-71,75H2,1-2H3,(H,78,79)/b7-5-,13-11-,19-17-,25-23-. The minimum absolute atomic E-state index is 0.0567. The molecule has 0 radical (unpaired) electrons. The summed E-state index contributed by atoms with van der Waals surface area (Å²) in [5.41, 5.74) is 5.41. The zero-order valence-electron chi connectivity index (χ0n) is 55.7. The molecule has 9 nitrogen and oxygen atoms in total. The van der Waals surface area contributed by atoms with Crippen molar-refractivity contribution in [2.75, 3.05) is 26.4 Å². The molecule has 84 heavy (non-hydrogen) atoms. The van der Waals surface area contributed by atoms with Crippen LogP contribution in [0, 0.1) is 0 Å². The predicted octanol–water partition coefficient (Wildman–Crippen LogP) is 24.0. The summed E-state index contributed by atoms with van der Waals surface area (Å²) in [5, 5.41) is 0. The van der Waals surface area contributed by atoms with Gasteiger partial charge in [-0.3, -0.25) is 18.6 Å². The van der Waals surface area contributed by atoms with Gasteiger partial charge in [0.1, 0.15) is 6.61 Å². The third-order valence-corrected chi connectivity index (χ3v) is 17.5. The molecule has 0 heterocycles. The average Bonchev–Trinajstić information content (AvgIpc) is 3.58. The van der Waals surface area contributed by atoms with Crippen molar-refractivity contribution in [3.05, 3.63) is 48.6 Å². The second-order valence-corrected chi connectivity index (χ2v) is 26.2. The second kappa shape index (κ2) is 70.1. The minimum atomic E-state index is -4.39. The quantitative estimate of drug-likeness (QED) is 0.0264. The summed E-state index contributed by atoms with van der Waals surface area (Å²) in [6, 6.07) is 0. The van der Waals surface area contributed by atoms with Gasteiger partial charge in [0.15, 0.2) is 6.10 Å². The summed E-state index contributed by atoms with van der Waals surface area (Å²) in [4.78, 5) is 35.4. The van der Waals surface area contributed by atoms with E-state index in [4.69, 9.17) is 24.3 Å². The Bertz CT molecular complexity index is 1520. The number of allylic oxidation sites excluding steroid dienone is 8. The first-order valence-corrected chi connectivity index (χ1v) is 38.1. The van der Waals surface area contributed by atoms with Gasteiger partial charge in [-0.2, -0.15) is 0 Å².